The summed E-state index contributed by atoms with van der Waals surface area (Å²) in [5.41, 5.74) is 4.06. The van der Waals surface area contributed by atoms with Crippen LogP contribution in [0.5, 0.6) is 0 Å². The van der Waals surface area contributed by atoms with E-state index in [1.165, 1.54) is 5.52 Å². The molecule has 0 aliphatic heterocycles. The van der Waals surface area contributed by atoms with Crippen molar-refractivity contribution in [3.05, 3.63) is 65.5 Å². The molecule has 5 heteroatoms. The third-order valence-corrected chi connectivity index (χ3v) is 4.37. The van der Waals surface area contributed by atoms with Crippen LogP contribution in [-0.4, -0.2) is 28.5 Å². The van der Waals surface area contributed by atoms with Crippen LogP contribution in [0, 0.1) is 6.92 Å². The molecule has 0 radical (unpaired) electrons. The summed E-state index contributed by atoms with van der Waals surface area (Å²) >= 11 is 0. The number of carbonyl (C=O) groups is 1. The predicted octanol–water partition coefficient (Wildman–Crippen LogP) is 3.27. The van der Waals surface area contributed by atoms with Gasteiger partial charge in [-0.15, -0.1) is 0 Å². The minimum Gasteiger partial charge on any atom is -0.351 e. The molecule has 2 N–H and O–H groups in total. The standard InChI is InChI=1S/C21H26N4O/c1-3-14-25-19-7-5-4-6-18(19)24-20(25)15-22-12-13-23-21(26)17-10-8-16(2)9-11-17/h4-11,22H,3,12-15H2,1-2H3,(H,23,26). The summed E-state index contributed by atoms with van der Waals surface area (Å²) in [4.78, 5) is 16.8. The number of aryl methyl sites for hydroxylation is 2. The molecule has 0 spiro atoms. The van der Waals surface area contributed by atoms with Gasteiger partial charge < -0.3 is 15.2 Å². The molecule has 1 aromatic heterocycles. The highest BCUT2D eigenvalue weighted by molar-refractivity contribution is 5.94. The van der Waals surface area contributed by atoms with E-state index in [0.717, 1.165) is 29.9 Å². The Labute approximate surface area is 154 Å². The molecule has 0 saturated carbocycles. The number of hydrogen-bond acceptors (Lipinski definition) is 3. The van der Waals surface area contributed by atoms with Crippen LogP contribution in [0.25, 0.3) is 11.0 Å². The summed E-state index contributed by atoms with van der Waals surface area (Å²) in [5, 5.41) is 6.32. The molecule has 0 bridgehead atoms. The molecule has 0 saturated heterocycles. The predicted molar refractivity (Wildman–Crippen MR) is 105 cm³/mol. The number of hydrogen-bond donors (Lipinski definition) is 2. The van der Waals surface area contributed by atoms with E-state index >= 15 is 0 Å². The highest BCUT2D eigenvalue weighted by atomic mass is 16.1. The smallest absolute Gasteiger partial charge is 0.251 e. The lowest BCUT2D eigenvalue weighted by Crippen LogP contribution is -2.32. The lowest BCUT2D eigenvalue weighted by molar-refractivity contribution is 0.0954. The summed E-state index contributed by atoms with van der Waals surface area (Å²) in [6.07, 6.45) is 1.07. The number of nitrogens with one attached hydrogen (secondary N) is 2. The van der Waals surface area contributed by atoms with Gasteiger partial charge in [0.2, 0.25) is 0 Å². The van der Waals surface area contributed by atoms with Gasteiger partial charge in [-0.25, -0.2) is 4.98 Å². The van der Waals surface area contributed by atoms with Crippen molar-refractivity contribution in [2.24, 2.45) is 0 Å². The van der Waals surface area contributed by atoms with Crippen molar-refractivity contribution in [2.75, 3.05) is 13.1 Å². The van der Waals surface area contributed by atoms with Gasteiger partial charge in [-0.3, -0.25) is 4.79 Å². The maximum absolute atomic E-state index is 12.1. The van der Waals surface area contributed by atoms with E-state index in [9.17, 15) is 4.79 Å². The van der Waals surface area contributed by atoms with Crippen LogP contribution < -0.4 is 10.6 Å². The largest absolute Gasteiger partial charge is 0.351 e. The fourth-order valence-corrected chi connectivity index (χ4v) is 3.01. The number of benzene rings is 2. The number of aromatic nitrogens is 2. The minimum atomic E-state index is -0.0370. The molecule has 26 heavy (non-hydrogen) atoms. The van der Waals surface area contributed by atoms with E-state index < -0.39 is 0 Å². The first-order chi connectivity index (χ1) is 12.7. The summed E-state index contributed by atoms with van der Waals surface area (Å²) in [6, 6.07) is 15.8. The van der Waals surface area contributed by atoms with Crippen LogP contribution in [0.15, 0.2) is 48.5 Å². The average molecular weight is 350 g/mol. The zero-order chi connectivity index (χ0) is 18.4. The second kappa shape index (κ2) is 8.63. The monoisotopic (exact) mass is 350 g/mol. The van der Waals surface area contributed by atoms with Crippen molar-refractivity contribution in [2.45, 2.75) is 33.4 Å². The highest BCUT2D eigenvalue weighted by Crippen LogP contribution is 2.16. The van der Waals surface area contributed by atoms with Crippen molar-refractivity contribution in [3.8, 4) is 0 Å². The Bertz CT molecular complexity index is 867. The molecule has 3 rings (SSSR count). The summed E-state index contributed by atoms with van der Waals surface area (Å²) in [7, 11) is 0. The Hall–Kier alpha value is -2.66. The maximum Gasteiger partial charge on any atom is 0.251 e. The van der Waals surface area contributed by atoms with E-state index in [-0.39, 0.29) is 5.91 Å². The van der Waals surface area contributed by atoms with E-state index in [1.807, 2.05) is 49.4 Å². The van der Waals surface area contributed by atoms with Crippen LogP contribution in [0.1, 0.15) is 35.1 Å². The summed E-state index contributed by atoms with van der Waals surface area (Å²) in [6.45, 7) is 7.12. The van der Waals surface area contributed by atoms with Crippen LogP contribution in [0.3, 0.4) is 0 Å². The van der Waals surface area contributed by atoms with Crippen molar-refractivity contribution in [3.63, 3.8) is 0 Å². The van der Waals surface area contributed by atoms with Gasteiger partial charge in [0.1, 0.15) is 5.82 Å². The number of para-hydroxylation sites is 2. The molecular weight excluding hydrogens is 324 g/mol. The molecule has 0 unspecified atom stereocenters. The van der Waals surface area contributed by atoms with Gasteiger partial charge in [-0.05, 0) is 37.6 Å². The van der Waals surface area contributed by atoms with E-state index in [2.05, 4.69) is 28.2 Å². The van der Waals surface area contributed by atoms with Gasteiger partial charge in [-0.1, -0.05) is 36.8 Å². The van der Waals surface area contributed by atoms with Gasteiger partial charge in [0, 0.05) is 25.2 Å². The third kappa shape index (κ3) is 4.29. The number of imidazole rings is 1. The van der Waals surface area contributed by atoms with Crippen LogP contribution >= 0.6 is 0 Å². The van der Waals surface area contributed by atoms with Crippen LogP contribution in [-0.2, 0) is 13.1 Å². The average Bonchev–Trinajstić information content (AvgIpc) is 3.00. The van der Waals surface area contributed by atoms with Crippen LogP contribution in [0.4, 0.5) is 0 Å². The molecule has 1 amide bonds. The number of amides is 1. The molecule has 2 aromatic carbocycles. The van der Waals surface area contributed by atoms with Gasteiger partial charge in [-0.2, -0.15) is 0 Å². The minimum absolute atomic E-state index is 0.0370. The number of fused-ring (bicyclic) bond motifs is 1. The van der Waals surface area contributed by atoms with E-state index in [0.29, 0.717) is 25.2 Å². The molecular formula is C21H26N4O. The molecule has 5 nitrogen and oxygen atoms in total. The number of rotatable bonds is 8. The Morgan fingerprint density at radius 1 is 1.08 bits per heavy atom. The Morgan fingerprint density at radius 3 is 2.62 bits per heavy atom. The molecule has 0 aliphatic carbocycles. The Balaban J connectivity index is 1.50. The second-order valence-corrected chi connectivity index (χ2v) is 6.47. The fraction of sp³-hybridized carbons (Fsp3) is 0.333. The first-order valence-corrected chi connectivity index (χ1v) is 9.18. The summed E-state index contributed by atoms with van der Waals surface area (Å²) in [5.74, 6) is 1.00. The van der Waals surface area contributed by atoms with Crippen molar-refractivity contribution >= 4 is 16.9 Å². The third-order valence-electron chi connectivity index (χ3n) is 4.37. The SMILES string of the molecule is CCCn1c(CNCCNC(=O)c2ccc(C)cc2)nc2ccccc21. The lowest BCUT2D eigenvalue weighted by Gasteiger charge is -2.09. The number of nitrogens with zero attached hydrogens (tertiary/aromatic N) is 2. The normalized spacial score (nSPS) is 11.0. The molecule has 0 fully saturated rings. The molecule has 3 aromatic rings. The first-order valence-electron chi connectivity index (χ1n) is 9.18. The maximum atomic E-state index is 12.1. The van der Waals surface area contributed by atoms with E-state index in [1.54, 1.807) is 0 Å². The van der Waals surface area contributed by atoms with E-state index in [4.69, 9.17) is 4.98 Å². The van der Waals surface area contributed by atoms with Crippen LogP contribution in [0.2, 0.25) is 0 Å². The zero-order valence-electron chi connectivity index (χ0n) is 15.5. The number of carbonyl (C=O) groups excluding carboxylic acids is 1. The van der Waals surface area contributed by atoms with Crippen molar-refractivity contribution < 1.29 is 4.79 Å². The topological polar surface area (TPSA) is 59.0 Å². The molecule has 0 atom stereocenters. The fourth-order valence-electron chi connectivity index (χ4n) is 3.01. The Morgan fingerprint density at radius 2 is 1.85 bits per heavy atom. The lowest BCUT2D eigenvalue weighted by atomic mass is 10.1. The van der Waals surface area contributed by atoms with Crippen molar-refractivity contribution in [1.82, 2.24) is 20.2 Å². The quantitative estimate of drug-likeness (QED) is 0.613. The molecule has 1 heterocycles. The molecule has 136 valence electrons. The van der Waals surface area contributed by atoms with Gasteiger partial charge >= 0.3 is 0 Å². The molecule has 0 aliphatic rings. The second-order valence-electron chi connectivity index (χ2n) is 6.47. The Kier molecular flexibility index (Phi) is 6.02. The van der Waals surface area contributed by atoms with Gasteiger partial charge in [0.15, 0.2) is 0 Å². The van der Waals surface area contributed by atoms with Crippen molar-refractivity contribution in [1.29, 1.82) is 0 Å². The summed E-state index contributed by atoms with van der Waals surface area (Å²) < 4.78 is 2.27. The highest BCUT2D eigenvalue weighted by Gasteiger charge is 2.09. The first kappa shape index (κ1) is 18.1. The zero-order valence-corrected chi connectivity index (χ0v) is 15.5. The van der Waals surface area contributed by atoms with Gasteiger partial charge in [0.25, 0.3) is 5.91 Å². The van der Waals surface area contributed by atoms with Gasteiger partial charge in [0.05, 0.1) is 17.6 Å².